The van der Waals surface area contributed by atoms with Crippen molar-refractivity contribution in [3.8, 4) is 0 Å². The van der Waals surface area contributed by atoms with Gasteiger partial charge in [-0.1, -0.05) is 65.7 Å². The number of rotatable bonds is 6. The minimum atomic E-state index is -3.94. The first-order chi connectivity index (χ1) is 16.1. The fourth-order valence-corrected chi connectivity index (χ4v) is 6.83. The van der Waals surface area contributed by atoms with Gasteiger partial charge in [-0.2, -0.15) is 0 Å². The number of hydrogen-bond donors (Lipinski definition) is 0. The zero-order valence-electron chi connectivity index (χ0n) is 19.3. The van der Waals surface area contributed by atoms with Gasteiger partial charge < -0.3 is 0 Å². The predicted molar refractivity (Wildman–Crippen MR) is 134 cm³/mol. The maximum Gasteiger partial charge on any atom is 0.206 e. The highest BCUT2D eigenvalue weighted by Gasteiger charge is 2.27. The molecule has 174 valence electrons. The van der Waals surface area contributed by atoms with Crippen molar-refractivity contribution in [3.05, 3.63) is 119 Å². The zero-order valence-corrected chi connectivity index (χ0v) is 20.9. The van der Waals surface area contributed by atoms with Crippen LogP contribution in [-0.4, -0.2) is 16.8 Å². The van der Waals surface area contributed by atoms with E-state index in [9.17, 15) is 16.8 Å². The molecule has 0 amide bonds. The highest BCUT2D eigenvalue weighted by atomic mass is 32.2. The van der Waals surface area contributed by atoms with Crippen LogP contribution in [-0.2, 0) is 26.1 Å². The molecule has 0 aliphatic heterocycles. The molecule has 0 aliphatic rings. The summed E-state index contributed by atoms with van der Waals surface area (Å²) < 4.78 is 54.3. The van der Waals surface area contributed by atoms with Crippen LogP contribution in [0.1, 0.15) is 27.8 Å². The lowest BCUT2D eigenvalue weighted by Crippen LogP contribution is -2.11. The molecule has 4 aromatic carbocycles. The summed E-state index contributed by atoms with van der Waals surface area (Å²) in [7, 11) is -7.86. The summed E-state index contributed by atoms with van der Waals surface area (Å²) in [6.45, 7) is 5.50. The Kier molecular flexibility index (Phi) is 6.47. The van der Waals surface area contributed by atoms with Crippen LogP contribution in [0.25, 0.3) is 0 Å². The van der Waals surface area contributed by atoms with E-state index in [1.165, 1.54) is 6.07 Å². The van der Waals surface area contributed by atoms with Crippen LogP contribution in [0.3, 0.4) is 0 Å². The fourth-order valence-electron chi connectivity index (χ4n) is 3.85. The summed E-state index contributed by atoms with van der Waals surface area (Å²) >= 11 is 0. The van der Waals surface area contributed by atoms with Gasteiger partial charge in [-0.25, -0.2) is 16.8 Å². The van der Waals surface area contributed by atoms with E-state index in [-0.39, 0.29) is 19.6 Å². The van der Waals surface area contributed by atoms with Crippen LogP contribution in [0.2, 0.25) is 0 Å². The summed E-state index contributed by atoms with van der Waals surface area (Å²) in [5, 5.41) is 0. The van der Waals surface area contributed by atoms with Crippen molar-refractivity contribution in [2.45, 2.75) is 46.8 Å². The van der Waals surface area contributed by atoms with Crippen molar-refractivity contribution in [2.75, 3.05) is 0 Å². The van der Waals surface area contributed by atoms with E-state index in [4.69, 9.17) is 0 Å². The molecule has 0 saturated heterocycles. The van der Waals surface area contributed by atoms with E-state index >= 15 is 0 Å². The Morgan fingerprint density at radius 2 is 1.06 bits per heavy atom. The first kappa shape index (κ1) is 23.9. The van der Waals surface area contributed by atoms with Gasteiger partial charge in [0.2, 0.25) is 19.7 Å². The van der Waals surface area contributed by atoms with Crippen LogP contribution in [0.5, 0.6) is 0 Å². The quantitative estimate of drug-likeness (QED) is 0.339. The first-order valence-electron chi connectivity index (χ1n) is 10.9. The fraction of sp³-hybridized carbons (Fsp3) is 0.143. The largest absolute Gasteiger partial charge is 0.219 e. The molecule has 0 bridgehead atoms. The molecular weight excluding hydrogens is 464 g/mol. The van der Waals surface area contributed by atoms with Crippen molar-refractivity contribution in [1.82, 2.24) is 0 Å². The minimum Gasteiger partial charge on any atom is -0.219 e. The molecule has 0 aliphatic carbocycles. The summed E-state index contributed by atoms with van der Waals surface area (Å²) in [6, 6.07) is 25.6. The third-order valence-corrected chi connectivity index (χ3v) is 9.59. The van der Waals surface area contributed by atoms with E-state index in [2.05, 4.69) is 0 Å². The van der Waals surface area contributed by atoms with E-state index in [1.807, 2.05) is 44.2 Å². The Labute approximate surface area is 201 Å². The number of hydrogen-bond acceptors (Lipinski definition) is 4. The van der Waals surface area contributed by atoms with Crippen LogP contribution < -0.4 is 0 Å². The van der Waals surface area contributed by atoms with Crippen LogP contribution >= 0.6 is 0 Å². The summed E-state index contributed by atoms with van der Waals surface area (Å²) in [4.78, 5) is 0.247. The van der Waals surface area contributed by atoms with Gasteiger partial charge in [0.05, 0.1) is 19.6 Å². The lowest BCUT2D eigenvalue weighted by Gasteiger charge is -2.16. The minimum absolute atomic E-state index is 0.00970. The van der Waals surface area contributed by atoms with Crippen molar-refractivity contribution in [3.63, 3.8) is 0 Å². The molecule has 4 nitrogen and oxygen atoms in total. The van der Waals surface area contributed by atoms with Gasteiger partial charge in [-0.05, 0) is 80.3 Å². The van der Waals surface area contributed by atoms with E-state index in [0.29, 0.717) is 17.5 Å². The van der Waals surface area contributed by atoms with Crippen LogP contribution in [0.15, 0.2) is 111 Å². The third kappa shape index (κ3) is 4.69. The molecule has 0 atom stereocenters. The van der Waals surface area contributed by atoms with Gasteiger partial charge in [0.1, 0.15) is 0 Å². The second kappa shape index (κ2) is 9.20. The van der Waals surface area contributed by atoms with Crippen molar-refractivity contribution >= 4 is 19.7 Å². The van der Waals surface area contributed by atoms with Gasteiger partial charge in [0, 0.05) is 0 Å². The maximum absolute atomic E-state index is 13.6. The first-order valence-corrected chi connectivity index (χ1v) is 13.9. The highest BCUT2D eigenvalue weighted by Crippen LogP contribution is 2.32. The van der Waals surface area contributed by atoms with E-state index in [0.717, 1.165) is 16.7 Å². The molecule has 0 fully saturated rings. The smallest absolute Gasteiger partial charge is 0.206 e. The summed E-state index contributed by atoms with van der Waals surface area (Å²) in [6.07, 6.45) is 0.417. The molecule has 0 N–H and O–H groups in total. The molecule has 0 radical (unpaired) electrons. The molecule has 0 spiro atoms. The number of aryl methyl sites for hydroxylation is 2. The highest BCUT2D eigenvalue weighted by molar-refractivity contribution is 7.92. The van der Waals surface area contributed by atoms with Gasteiger partial charge in [0.25, 0.3) is 0 Å². The molecule has 4 aromatic rings. The number of benzene rings is 4. The van der Waals surface area contributed by atoms with Crippen molar-refractivity contribution < 1.29 is 16.8 Å². The van der Waals surface area contributed by atoms with Crippen molar-refractivity contribution in [1.29, 1.82) is 0 Å². The topological polar surface area (TPSA) is 68.3 Å². The van der Waals surface area contributed by atoms with Gasteiger partial charge in [-0.15, -0.1) is 0 Å². The average Bonchev–Trinajstić information content (AvgIpc) is 2.81. The van der Waals surface area contributed by atoms with Crippen LogP contribution in [0, 0.1) is 20.8 Å². The van der Waals surface area contributed by atoms with Crippen molar-refractivity contribution in [2.24, 2.45) is 0 Å². The Bertz CT molecular complexity index is 1540. The lowest BCUT2D eigenvalue weighted by atomic mass is 10.0. The van der Waals surface area contributed by atoms with E-state index < -0.39 is 19.7 Å². The Morgan fingerprint density at radius 3 is 1.59 bits per heavy atom. The van der Waals surface area contributed by atoms with Gasteiger partial charge >= 0.3 is 0 Å². The summed E-state index contributed by atoms with van der Waals surface area (Å²) in [5.74, 6) is 0. The molecule has 0 unspecified atom stereocenters. The monoisotopic (exact) mass is 490 g/mol. The normalized spacial score (nSPS) is 12.0. The average molecular weight is 491 g/mol. The van der Waals surface area contributed by atoms with E-state index in [1.54, 1.807) is 61.5 Å². The molecule has 34 heavy (non-hydrogen) atoms. The van der Waals surface area contributed by atoms with Gasteiger partial charge in [-0.3, -0.25) is 0 Å². The second-order valence-electron chi connectivity index (χ2n) is 8.50. The molecule has 0 aromatic heterocycles. The predicted octanol–water partition coefficient (Wildman–Crippen LogP) is 5.87. The zero-order chi connectivity index (χ0) is 24.5. The van der Waals surface area contributed by atoms with Gasteiger partial charge in [0.15, 0.2) is 0 Å². The molecule has 0 saturated carbocycles. The molecular formula is C28H26O4S2. The molecule has 0 heterocycles. The Balaban J connectivity index is 1.94. The molecule has 6 heteroatoms. The lowest BCUT2D eigenvalue weighted by molar-refractivity contribution is 0.593. The standard InChI is InChI=1S/C28H26O4S2/c1-20-9-13-25(14-10-20)33(29,30)27-18-24(17-23-7-5-4-6-8-23)22(3)28(19-27)34(31,32)26-15-11-21(2)12-16-26/h4-16,18-19H,17H2,1-3H3. The molecule has 4 rings (SSSR count). The maximum atomic E-state index is 13.6. The Morgan fingerprint density at radius 1 is 0.559 bits per heavy atom. The number of sulfone groups is 2. The SMILES string of the molecule is Cc1ccc(S(=O)(=O)c2cc(Cc3ccccc3)c(C)c(S(=O)(=O)c3ccc(C)cc3)c2)cc1. The third-order valence-electron chi connectivity index (χ3n) is 5.94. The van der Waals surface area contributed by atoms with Crippen LogP contribution in [0.4, 0.5) is 0 Å². The Hall–Kier alpha value is -3.22. The second-order valence-corrected chi connectivity index (χ2v) is 12.4. The summed E-state index contributed by atoms with van der Waals surface area (Å²) in [5.41, 5.74) is 4.05.